The molecule has 2 aromatic rings. The molecule has 3 N–H and O–H groups in total. The number of nitrogens with two attached hydrogens (primary N) is 1. The number of hydrogen-bond acceptors (Lipinski definition) is 4. The van der Waals surface area contributed by atoms with E-state index in [0.717, 1.165) is 27.2 Å². The zero-order valence-corrected chi connectivity index (χ0v) is 11.3. The van der Waals surface area contributed by atoms with Gasteiger partial charge in [-0.2, -0.15) is 5.10 Å². The second-order valence-electron chi connectivity index (χ2n) is 3.82. The highest BCUT2D eigenvalue weighted by Gasteiger charge is 2.09. The van der Waals surface area contributed by atoms with Gasteiger partial charge in [-0.25, -0.2) is 0 Å². The summed E-state index contributed by atoms with van der Waals surface area (Å²) in [7, 11) is 0. The predicted molar refractivity (Wildman–Crippen MR) is 70.6 cm³/mol. The molecular formula is C11H14BrN5. The minimum Gasteiger partial charge on any atom is -0.324 e. The van der Waals surface area contributed by atoms with Gasteiger partial charge in [0.15, 0.2) is 0 Å². The highest BCUT2D eigenvalue weighted by Crippen LogP contribution is 2.20. The number of nitrogen functional groups attached to an aromatic ring is 1. The topological polar surface area (TPSA) is 68.8 Å². The third-order valence-electron chi connectivity index (χ3n) is 2.59. The maximum Gasteiger partial charge on any atom is 0.0835 e. The van der Waals surface area contributed by atoms with Crippen molar-refractivity contribution < 1.29 is 0 Å². The summed E-state index contributed by atoms with van der Waals surface area (Å²) < 4.78 is 2.97. The number of pyridine rings is 1. The second-order valence-corrected chi connectivity index (χ2v) is 4.62. The molecular weight excluding hydrogens is 282 g/mol. The molecule has 0 aliphatic carbocycles. The molecule has 2 aromatic heterocycles. The number of hydrazine groups is 1. The first-order valence-corrected chi connectivity index (χ1v) is 6.02. The van der Waals surface area contributed by atoms with Crippen LogP contribution in [0.1, 0.15) is 17.1 Å². The van der Waals surface area contributed by atoms with Gasteiger partial charge in [0.05, 0.1) is 33.8 Å². The van der Waals surface area contributed by atoms with Gasteiger partial charge in [-0.1, -0.05) is 0 Å². The standard InChI is InChI=1S/C11H14BrN5/c1-7-11(12)8(2)17(16-7)6-10-5-9(15-13)3-4-14-10/h3-5H,6,13H2,1-2H3,(H,14,15). The monoisotopic (exact) mass is 295 g/mol. The Kier molecular flexibility index (Phi) is 3.44. The number of nitrogens with zero attached hydrogens (tertiary/aromatic N) is 3. The van der Waals surface area contributed by atoms with Gasteiger partial charge < -0.3 is 5.43 Å². The van der Waals surface area contributed by atoms with E-state index >= 15 is 0 Å². The molecule has 90 valence electrons. The second kappa shape index (κ2) is 4.85. The molecule has 2 heterocycles. The quantitative estimate of drug-likeness (QED) is 0.671. The molecule has 6 heteroatoms. The van der Waals surface area contributed by atoms with Crippen LogP contribution in [-0.4, -0.2) is 14.8 Å². The minimum atomic E-state index is 0.633. The van der Waals surface area contributed by atoms with Gasteiger partial charge in [0.25, 0.3) is 0 Å². The highest BCUT2D eigenvalue weighted by atomic mass is 79.9. The van der Waals surface area contributed by atoms with E-state index in [4.69, 9.17) is 5.84 Å². The van der Waals surface area contributed by atoms with E-state index in [9.17, 15) is 0 Å². The summed E-state index contributed by atoms with van der Waals surface area (Å²) in [6, 6.07) is 3.73. The van der Waals surface area contributed by atoms with Gasteiger partial charge in [-0.3, -0.25) is 15.5 Å². The summed E-state index contributed by atoms with van der Waals surface area (Å²) in [6.45, 7) is 4.63. The Hall–Kier alpha value is -1.40. The predicted octanol–water partition coefficient (Wildman–Crippen LogP) is 1.99. The van der Waals surface area contributed by atoms with Crippen molar-refractivity contribution in [2.45, 2.75) is 20.4 Å². The van der Waals surface area contributed by atoms with Gasteiger partial charge in [0.2, 0.25) is 0 Å². The summed E-state index contributed by atoms with van der Waals surface area (Å²) in [6.07, 6.45) is 1.73. The molecule has 0 fully saturated rings. The van der Waals surface area contributed by atoms with E-state index in [1.165, 1.54) is 0 Å². The molecule has 0 saturated carbocycles. The van der Waals surface area contributed by atoms with Gasteiger partial charge in [-0.15, -0.1) is 0 Å². The Morgan fingerprint density at radius 2 is 2.24 bits per heavy atom. The van der Waals surface area contributed by atoms with Crippen LogP contribution in [0.15, 0.2) is 22.8 Å². The molecule has 5 nitrogen and oxygen atoms in total. The smallest absolute Gasteiger partial charge is 0.0835 e. The maximum absolute atomic E-state index is 5.36. The fourth-order valence-electron chi connectivity index (χ4n) is 1.64. The lowest BCUT2D eigenvalue weighted by Gasteiger charge is -2.06. The summed E-state index contributed by atoms with van der Waals surface area (Å²) in [5.41, 5.74) is 6.44. The number of nitrogens with one attached hydrogen (secondary N) is 1. The number of hydrogen-bond donors (Lipinski definition) is 2. The summed E-state index contributed by atoms with van der Waals surface area (Å²) in [5.74, 6) is 5.36. The molecule has 0 amide bonds. The van der Waals surface area contributed by atoms with Crippen molar-refractivity contribution in [1.29, 1.82) is 0 Å². The third-order valence-corrected chi connectivity index (χ3v) is 3.74. The van der Waals surface area contributed by atoms with Crippen molar-refractivity contribution in [3.63, 3.8) is 0 Å². The van der Waals surface area contributed by atoms with E-state index in [1.54, 1.807) is 6.20 Å². The van der Waals surface area contributed by atoms with E-state index in [2.05, 4.69) is 31.4 Å². The molecule has 0 atom stereocenters. The van der Waals surface area contributed by atoms with Crippen LogP contribution in [-0.2, 0) is 6.54 Å². The minimum absolute atomic E-state index is 0.633. The zero-order chi connectivity index (χ0) is 12.4. The largest absolute Gasteiger partial charge is 0.324 e. The average Bonchev–Trinajstić information content (AvgIpc) is 2.57. The normalized spacial score (nSPS) is 10.6. The Bertz CT molecular complexity index is 535. The molecule has 0 saturated heterocycles. The van der Waals surface area contributed by atoms with Gasteiger partial charge in [0, 0.05) is 6.20 Å². The van der Waals surface area contributed by atoms with Crippen LogP contribution in [0.2, 0.25) is 0 Å². The molecule has 0 unspecified atom stereocenters. The van der Waals surface area contributed by atoms with Crippen LogP contribution in [0.3, 0.4) is 0 Å². The van der Waals surface area contributed by atoms with Crippen molar-refractivity contribution in [3.05, 3.63) is 39.9 Å². The first-order valence-electron chi connectivity index (χ1n) is 5.23. The van der Waals surface area contributed by atoms with Crippen LogP contribution in [0.5, 0.6) is 0 Å². The molecule has 17 heavy (non-hydrogen) atoms. The van der Waals surface area contributed by atoms with E-state index in [0.29, 0.717) is 6.54 Å². The van der Waals surface area contributed by atoms with Crippen molar-refractivity contribution in [1.82, 2.24) is 14.8 Å². The highest BCUT2D eigenvalue weighted by molar-refractivity contribution is 9.10. The Morgan fingerprint density at radius 1 is 1.47 bits per heavy atom. The fraction of sp³-hybridized carbons (Fsp3) is 0.273. The first kappa shape index (κ1) is 12.1. The number of anilines is 1. The lowest BCUT2D eigenvalue weighted by Crippen LogP contribution is -2.09. The molecule has 0 aromatic carbocycles. The molecule has 0 spiro atoms. The summed E-state index contributed by atoms with van der Waals surface area (Å²) in [4.78, 5) is 4.29. The molecule has 0 aliphatic rings. The van der Waals surface area contributed by atoms with Crippen molar-refractivity contribution in [2.75, 3.05) is 5.43 Å². The van der Waals surface area contributed by atoms with Crippen molar-refractivity contribution in [3.8, 4) is 0 Å². The van der Waals surface area contributed by atoms with Gasteiger partial charge >= 0.3 is 0 Å². The van der Waals surface area contributed by atoms with Crippen LogP contribution >= 0.6 is 15.9 Å². The van der Waals surface area contributed by atoms with Crippen LogP contribution in [0.4, 0.5) is 5.69 Å². The van der Waals surface area contributed by atoms with Crippen molar-refractivity contribution in [2.24, 2.45) is 5.84 Å². The Morgan fingerprint density at radius 3 is 2.82 bits per heavy atom. The number of aryl methyl sites for hydroxylation is 1. The maximum atomic E-state index is 5.36. The van der Waals surface area contributed by atoms with Gasteiger partial charge in [0.1, 0.15) is 0 Å². The average molecular weight is 296 g/mol. The van der Waals surface area contributed by atoms with E-state index in [1.807, 2.05) is 30.7 Å². The fourth-order valence-corrected chi connectivity index (χ4v) is 1.92. The van der Waals surface area contributed by atoms with Crippen LogP contribution < -0.4 is 11.3 Å². The van der Waals surface area contributed by atoms with E-state index in [-0.39, 0.29) is 0 Å². The third kappa shape index (κ3) is 2.48. The SMILES string of the molecule is Cc1nn(Cc2cc(NN)ccn2)c(C)c1Br. The molecule has 0 bridgehead atoms. The number of aromatic nitrogens is 3. The lowest BCUT2D eigenvalue weighted by atomic mass is 10.3. The molecule has 0 radical (unpaired) electrons. The zero-order valence-electron chi connectivity index (χ0n) is 9.74. The number of rotatable bonds is 3. The van der Waals surface area contributed by atoms with Crippen molar-refractivity contribution >= 4 is 21.6 Å². The van der Waals surface area contributed by atoms with Crippen LogP contribution in [0, 0.1) is 13.8 Å². The molecule has 0 aliphatic heterocycles. The lowest BCUT2D eigenvalue weighted by molar-refractivity contribution is 0.647. The number of halogens is 1. The van der Waals surface area contributed by atoms with Gasteiger partial charge in [-0.05, 0) is 41.9 Å². The Balaban J connectivity index is 2.28. The van der Waals surface area contributed by atoms with E-state index < -0.39 is 0 Å². The summed E-state index contributed by atoms with van der Waals surface area (Å²) in [5, 5.41) is 4.44. The molecule has 2 rings (SSSR count). The van der Waals surface area contributed by atoms with Crippen LogP contribution in [0.25, 0.3) is 0 Å². The first-order chi connectivity index (χ1) is 8.11. The summed E-state index contributed by atoms with van der Waals surface area (Å²) >= 11 is 3.51. The Labute approximate surface area is 108 Å².